The molecular weight excluding hydrogens is 302 g/mol. The average Bonchev–Trinajstić information content (AvgIpc) is 2.54. The molecule has 1 aromatic carbocycles. The number of hydrogen-bond donors (Lipinski definition) is 1. The lowest BCUT2D eigenvalue weighted by Gasteiger charge is -2.40. The minimum absolute atomic E-state index is 0.0284. The fraction of sp³-hybridized carbons (Fsp3) is 0.650. The van der Waals surface area contributed by atoms with Crippen LogP contribution in [0.2, 0.25) is 0 Å². The monoisotopic (exact) mass is 333 g/mol. The Hall–Kier alpha value is -1.55. The van der Waals surface area contributed by atoms with Crippen LogP contribution >= 0.6 is 0 Å². The topological polar surface area (TPSA) is 47.6 Å². The van der Waals surface area contributed by atoms with Gasteiger partial charge in [-0.15, -0.1) is 0 Å². The van der Waals surface area contributed by atoms with Crippen molar-refractivity contribution in [1.82, 2.24) is 5.32 Å². The van der Waals surface area contributed by atoms with E-state index >= 15 is 0 Å². The van der Waals surface area contributed by atoms with Crippen LogP contribution in [0.15, 0.2) is 18.2 Å². The van der Waals surface area contributed by atoms with Crippen molar-refractivity contribution in [3.8, 4) is 5.75 Å². The lowest BCUT2D eigenvalue weighted by molar-refractivity contribution is -0.0839. The first-order valence-corrected chi connectivity index (χ1v) is 8.96. The molecule has 1 aromatic rings. The van der Waals surface area contributed by atoms with Crippen molar-refractivity contribution < 1.29 is 14.3 Å². The van der Waals surface area contributed by atoms with Crippen LogP contribution in [0, 0.1) is 18.3 Å². The number of hydrogen-bond acceptors (Lipinski definition) is 3. The van der Waals surface area contributed by atoms with Crippen molar-refractivity contribution >= 4 is 5.91 Å². The molecule has 134 valence electrons. The third kappa shape index (κ3) is 4.73. The van der Waals surface area contributed by atoms with Gasteiger partial charge in [-0.05, 0) is 55.9 Å². The van der Waals surface area contributed by atoms with E-state index in [1.165, 1.54) is 0 Å². The summed E-state index contributed by atoms with van der Waals surface area (Å²) in [6.07, 6.45) is 2.36. The van der Waals surface area contributed by atoms with Gasteiger partial charge >= 0.3 is 0 Å². The van der Waals surface area contributed by atoms with E-state index in [4.69, 9.17) is 9.47 Å². The Bertz CT molecular complexity index is 562. The van der Waals surface area contributed by atoms with Gasteiger partial charge < -0.3 is 14.8 Å². The number of nitrogens with one attached hydrogen (secondary N) is 1. The third-order valence-electron chi connectivity index (χ3n) is 4.56. The second-order valence-corrected chi connectivity index (χ2v) is 7.68. The zero-order chi connectivity index (χ0) is 17.7. The summed E-state index contributed by atoms with van der Waals surface area (Å²) >= 11 is 0. The SMILES string of the molecule is CCOc1ccc(C(=O)NCC2CCCOC2C(C)(C)C)cc1C. The number of rotatable bonds is 5. The predicted octanol–water partition coefficient (Wildman–Crippen LogP) is 3.96. The van der Waals surface area contributed by atoms with Gasteiger partial charge in [0.2, 0.25) is 0 Å². The van der Waals surface area contributed by atoms with Crippen LogP contribution in [0.3, 0.4) is 0 Å². The van der Waals surface area contributed by atoms with Crippen molar-refractivity contribution in [2.75, 3.05) is 19.8 Å². The second kappa shape index (κ2) is 8.02. The number of benzene rings is 1. The van der Waals surface area contributed by atoms with Crippen molar-refractivity contribution in [3.05, 3.63) is 29.3 Å². The summed E-state index contributed by atoms with van der Waals surface area (Å²) in [5.41, 5.74) is 1.75. The standard InChI is InChI=1S/C20H31NO3/c1-6-23-17-10-9-15(12-14(17)2)19(22)21-13-16-8-7-11-24-18(16)20(3,4)5/h9-10,12,16,18H,6-8,11,13H2,1-5H3,(H,21,22). The predicted molar refractivity (Wildman–Crippen MR) is 96.6 cm³/mol. The molecule has 1 aliphatic rings. The maximum absolute atomic E-state index is 12.5. The Labute approximate surface area is 145 Å². The molecule has 0 saturated carbocycles. The molecule has 1 fully saturated rings. The van der Waals surface area contributed by atoms with E-state index in [2.05, 4.69) is 26.1 Å². The Kier molecular flexibility index (Phi) is 6.27. The van der Waals surface area contributed by atoms with Crippen LogP contribution in [0.4, 0.5) is 0 Å². The smallest absolute Gasteiger partial charge is 0.251 e. The van der Waals surface area contributed by atoms with Gasteiger partial charge in [0.15, 0.2) is 0 Å². The van der Waals surface area contributed by atoms with Gasteiger partial charge in [-0.1, -0.05) is 20.8 Å². The van der Waals surface area contributed by atoms with Crippen LogP contribution in [-0.2, 0) is 4.74 Å². The molecule has 0 aromatic heterocycles. The van der Waals surface area contributed by atoms with Gasteiger partial charge in [0.1, 0.15) is 5.75 Å². The fourth-order valence-electron chi connectivity index (χ4n) is 3.44. The number of carbonyl (C=O) groups is 1. The molecule has 1 heterocycles. The zero-order valence-electron chi connectivity index (χ0n) is 15.6. The van der Waals surface area contributed by atoms with E-state index in [9.17, 15) is 4.79 Å². The van der Waals surface area contributed by atoms with E-state index in [-0.39, 0.29) is 17.4 Å². The maximum atomic E-state index is 12.5. The Morgan fingerprint density at radius 3 is 2.75 bits per heavy atom. The highest BCUT2D eigenvalue weighted by Gasteiger charge is 2.35. The summed E-state index contributed by atoms with van der Waals surface area (Å²) in [6.45, 7) is 12.6. The van der Waals surface area contributed by atoms with Gasteiger partial charge in [0.05, 0.1) is 12.7 Å². The summed E-state index contributed by atoms with van der Waals surface area (Å²) < 4.78 is 11.5. The van der Waals surface area contributed by atoms with Gasteiger partial charge in [0, 0.05) is 24.6 Å². The van der Waals surface area contributed by atoms with E-state index in [0.29, 0.717) is 24.6 Å². The molecule has 1 aliphatic heterocycles. The largest absolute Gasteiger partial charge is 0.494 e. The number of ether oxygens (including phenoxy) is 2. The molecule has 24 heavy (non-hydrogen) atoms. The number of aryl methyl sites for hydroxylation is 1. The molecule has 2 atom stereocenters. The molecular formula is C20H31NO3. The molecule has 2 unspecified atom stereocenters. The quantitative estimate of drug-likeness (QED) is 0.887. The van der Waals surface area contributed by atoms with Crippen molar-refractivity contribution in [2.24, 2.45) is 11.3 Å². The highest BCUT2D eigenvalue weighted by molar-refractivity contribution is 5.94. The van der Waals surface area contributed by atoms with Crippen LogP contribution in [0.1, 0.15) is 56.5 Å². The minimum atomic E-state index is -0.0284. The second-order valence-electron chi connectivity index (χ2n) is 7.68. The Morgan fingerprint density at radius 1 is 1.38 bits per heavy atom. The van der Waals surface area contributed by atoms with Crippen molar-refractivity contribution in [1.29, 1.82) is 0 Å². The lowest BCUT2D eigenvalue weighted by atomic mass is 9.78. The first-order chi connectivity index (χ1) is 11.3. The maximum Gasteiger partial charge on any atom is 0.251 e. The molecule has 1 saturated heterocycles. The molecule has 0 bridgehead atoms. The van der Waals surface area contributed by atoms with Gasteiger partial charge in [-0.2, -0.15) is 0 Å². The summed E-state index contributed by atoms with van der Waals surface area (Å²) in [7, 11) is 0. The van der Waals surface area contributed by atoms with E-state index in [1.807, 2.05) is 32.0 Å². The first-order valence-electron chi connectivity index (χ1n) is 8.96. The Balaban J connectivity index is 1.98. The molecule has 0 radical (unpaired) electrons. The summed E-state index contributed by atoms with van der Waals surface area (Å²) in [6, 6.07) is 5.58. The number of amides is 1. The first kappa shape index (κ1) is 18.8. The van der Waals surface area contributed by atoms with E-state index < -0.39 is 0 Å². The summed E-state index contributed by atoms with van der Waals surface area (Å²) in [4.78, 5) is 12.5. The van der Waals surface area contributed by atoms with Gasteiger partial charge in [-0.3, -0.25) is 4.79 Å². The van der Waals surface area contributed by atoms with E-state index in [1.54, 1.807) is 0 Å². The third-order valence-corrected chi connectivity index (χ3v) is 4.56. The van der Waals surface area contributed by atoms with Gasteiger partial charge in [0.25, 0.3) is 5.91 Å². The molecule has 0 spiro atoms. The van der Waals surface area contributed by atoms with E-state index in [0.717, 1.165) is 30.8 Å². The molecule has 4 heteroatoms. The molecule has 4 nitrogen and oxygen atoms in total. The van der Waals surface area contributed by atoms with Crippen LogP contribution in [-0.4, -0.2) is 31.8 Å². The lowest BCUT2D eigenvalue weighted by Crippen LogP contribution is -2.45. The number of carbonyl (C=O) groups excluding carboxylic acids is 1. The zero-order valence-corrected chi connectivity index (χ0v) is 15.6. The van der Waals surface area contributed by atoms with Crippen LogP contribution in [0.25, 0.3) is 0 Å². The van der Waals surface area contributed by atoms with Crippen molar-refractivity contribution in [3.63, 3.8) is 0 Å². The highest BCUT2D eigenvalue weighted by Crippen LogP contribution is 2.33. The fourth-order valence-corrected chi connectivity index (χ4v) is 3.44. The minimum Gasteiger partial charge on any atom is -0.494 e. The summed E-state index contributed by atoms with van der Waals surface area (Å²) in [5.74, 6) is 1.17. The van der Waals surface area contributed by atoms with Crippen molar-refractivity contribution in [2.45, 2.75) is 53.6 Å². The average molecular weight is 333 g/mol. The molecule has 1 amide bonds. The van der Waals surface area contributed by atoms with Crippen LogP contribution in [0.5, 0.6) is 5.75 Å². The molecule has 2 rings (SSSR count). The summed E-state index contributed by atoms with van der Waals surface area (Å²) in [5, 5.41) is 3.09. The Morgan fingerprint density at radius 2 is 2.12 bits per heavy atom. The molecule has 0 aliphatic carbocycles. The normalized spacial score (nSPS) is 21.4. The van der Waals surface area contributed by atoms with Crippen LogP contribution < -0.4 is 10.1 Å². The molecule has 1 N–H and O–H groups in total. The highest BCUT2D eigenvalue weighted by atomic mass is 16.5. The van der Waals surface area contributed by atoms with Gasteiger partial charge in [-0.25, -0.2) is 0 Å².